The summed E-state index contributed by atoms with van der Waals surface area (Å²) in [6, 6.07) is 46.7. The second kappa shape index (κ2) is 8.29. The van der Waals surface area contributed by atoms with Crippen LogP contribution in [0.4, 0.5) is 0 Å². The molecule has 0 fully saturated rings. The summed E-state index contributed by atoms with van der Waals surface area (Å²) in [6.07, 6.45) is 0. The summed E-state index contributed by atoms with van der Waals surface area (Å²) in [5, 5.41) is 1.11. The smallest absolute Gasteiger partial charge is 0.142 e. The Labute approximate surface area is 193 Å². The highest BCUT2D eigenvalue weighted by molar-refractivity contribution is 5.98. The van der Waals surface area contributed by atoms with Crippen LogP contribution in [0.3, 0.4) is 0 Å². The SMILES string of the molecule is c1ccc(-c2ccc(-c3cc(-c4ccccc4)cc4cc(-c5ccccc5)oc34)cc2)cc1. The molecule has 1 aromatic heterocycles. The van der Waals surface area contributed by atoms with E-state index in [4.69, 9.17) is 4.42 Å². The molecule has 6 rings (SSSR count). The van der Waals surface area contributed by atoms with Crippen molar-refractivity contribution in [3.8, 4) is 44.7 Å². The average molecular weight is 423 g/mol. The van der Waals surface area contributed by atoms with E-state index in [0.717, 1.165) is 33.4 Å². The monoisotopic (exact) mass is 422 g/mol. The van der Waals surface area contributed by atoms with Crippen LogP contribution >= 0.6 is 0 Å². The molecule has 0 bridgehead atoms. The molecule has 0 saturated heterocycles. The maximum atomic E-state index is 6.45. The molecule has 5 aromatic carbocycles. The van der Waals surface area contributed by atoms with Gasteiger partial charge < -0.3 is 4.42 Å². The van der Waals surface area contributed by atoms with Gasteiger partial charge in [0.05, 0.1) is 0 Å². The van der Waals surface area contributed by atoms with Crippen molar-refractivity contribution in [1.29, 1.82) is 0 Å². The lowest BCUT2D eigenvalue weighted by molar-refractivity contribution is 0.632. The van der Waals surface area contributed by atoms with Gasteiger partial charge in [0.15, 0.2) is 0 Å². The fourth-order valence-electron chi connectivity index (χ4n) is 4.38. The lowest BCUT2D eigenvalue weighted by Crippen LogP contribution is -1.84. The average Bonchev–Trinajstić information content (AvgIpc) is 3.34. The number of furan rings is 1. The van der Waals surface area contributed by atoms with Crippen molar-refractivity contribution < 1.29 is 4.42 Å². The van der Waals surface area contributed by atoms with E-state index in [0.29, 0.717) is 0 Å². The first-order valence-corrected chi connectivity index (χ1v) is 11.2. The minimum absolute atomic E-state index is 0.887. The molecule has 0 aliphatic heterocycles. The van der Waals surface area contributed by atoms with Crippen molar-refractivity contribution >= 4 is 11.0 Å². The van der Waals surface area contributed by atoms with E-state index in [1.807, 2.05) is 24.3 Å². The molecule has 1 nitrogen and oxygen atoms in total. The van der Waals surface area contributed by atoms with Gasteiger partial charge in [-0.1, -0.05) is 115 Å². The molecule has 0 saturated carbocycles. The fourth-order valence-corrected chi connectivity index (χ4v) is 4.38. The second-order valence-electron chi connectivity index (χ2n) is 8.23. The Balaban J connectivity index is 1.52. The molecule has 1 heteroatoms. The molecule has 6 aromatic rings. The predicted molar refractivity (Wildman–Crippen MR) is 138 cm³/mol. The molecule has 0 aliphatic carbocycles. The molecule has 0 amide bonds. The Morgan fingerprint density at radius 3 is 1.45 bits per heavy atom. The molecule has 0 aliphatic rings. The van der Waals surface area contributed by atoms with Crippen molar-refractivity contribution in [3.63, 3.8) is 0 Å². The number of benzene rings is 5. The standard InChI is InChI=1S/C32H22O/c1-4-10-23(11-5-1)25-16-18-26(19-17-25)30-21-28(24-12-6-2-7-13-24)20-29-22-31(33-32(29)30)27-14-8-3-9-15-27/h1-22H. The van der Waals surface area contributed by atoms with Gasteiger partial charge in [-0.2, -0.15) is 0 Å². The molecule has 33 heavy (non-hydrogen) atoms. The largest absolute Gasteiger partial charge is 0.455 e. The molecule has 0 atom stereocenters. The molecular weight excluding hydrogens is 400 g/mol. The van der Waals surface area contributed by atoms with E-state index in [9.17, 15) is 0 Å². The normalized spacial score (nSPS) is 11.0. The molecule has 0 unspecified atom stereocenters. The highest BCUT2D eigenvalue weighted by Crippen LogP contribution is 2.38. The number of fused-ring (bicyclic) bond motifs is 1. The van der Waals surface area contributed by atoms with Crippen molar-refractivity contribution in [2.45, 2.75) is 0 Å². The summed E-state index contributed by atoms with van der Waals surface area (Å²) in [5.74, 6) is 0.887. The zero-order valence-electron chi connectivity index (χ0n) is 18.1. The molecule has 0 N–H and O–H groups in total. The van der Waals surface area contributed by atoms with Crippen LogP contribution in [-0.2, 0) is 0 Å². The maximum Gasteiger partial charge on any atom is 0.142 e. The Kier molecular flexibility index (Phi) is 4.86. The summed E-state index contributed by atoms with van der Waals surface area (Å²) in [5.41, 5.74) is 9.06. The summed E-state index contributed by atoms with van der Waals surface area (Å²) in [7, 11) is 0. The predicted octanol–water partition coefficient (Wildman–Crippen LogP) is 9.10. The minimum atomic E-state index is 0.887. The van der Waals surface area contributed by atoms with Crippen LogP contribution in [0.2, 0.25) is 0 Å². The topological polar surface area (TPSA) is 13.1 Å². The fraction of sp³-hybridized carbons (Fsp3) is 0. The lowest BCUT2D eigenvalue weighted by atomic mass is 9.95. The van der Waals surface area contributed by atoms with Crippen molar-refractivity contribution in [2.75, 3.05) is 0 Å². The highest BCUT2D eigenvalue weighted by atomic mass is 16.3. The first-order valence-electron chi connectivity index (χ1n) is 11.2. The molecular formula is C32H22O. The van der Waals surface area contributed by atoms with E-state index in [1.165, 1.54) is 22.3 Å². The van der Waals surface area contributed by atoms with Gasteiger partial charge in [0.1, 0.15) is 11.3 Å². The van der Waals surface area contributed by atoms with Crippen LogP contribution in [0, 0.1) is 0 Å². The van der Waals surface area contributed by atoms with Gasteiger partial charge in [-0.25, -0.2) is 0 Å². The van der Waals surface area contributed by atoms with Crippen molar-refractivity contribution in [1.82, 2.24) is 0 Å². The minimum Gasteiger partial charge on any atom is -0.455 e. The summed E-state index contributed by atoms with van der Waals surface area (Å²) >= 11 is 0. The first kappa shape index (κ1) is 19.3. The van der Waals surface area contributed by atoms with Gasteiger partial charge in [-0.05, 0) is 46.0 Å². The Hall–Kier alpha value is -4.36. The Morgan fingerprint density at radius 1 is 0.364 bits per heavy atom. The van der Waals surface area contributed by atoms with Crippen molar-refractivity contribution in [2.24, 2.45) is 0 Å². The van der Waals surface area contributed by atoms with E-state index in [-0.39, 0.29) is 0 Å². The second-order valence-corrected chi connectivity index (χ2v) is 8.23. The van der Waals surface area contributed by atoms with Gasteiger partial charge in [-0.15, -0.1) is 0 Å². The summed E-state index contributed by atoms with van der Waals surface area (Å²) in [6.45, 7) is 0. The lowest BCUT2D eigenvalue weighted by Gasteiger charge is -2.09. The van der Waals surface area contributed by atoms with E-state index >= 15 is 0 Å². The van der Waals surface area contributed by atoms with Gasteiger partial charge in [0.2, 0.25) is 0 Å². The quantitative estimate of drug-likeness (QED) is 0.276. The highest BCUT2D eigenvalue weighted by Gasteiger charge is 2.14. The third-order valence-corrected chi connectivity index (χ3v) is 6.08. The summed E-state index contributed by atoms with van der Waals surface area (Å²) in [4.78, 5) is 0. The van der Waals surface area contributed by atoms with Crippen molar-refractivity contribution in [3.05, 3.63) is 133 Å². The van der Waals surface area contributed by atoms with E-state index < -0.39 is 0 Å². The van der Waals surface area contributed by atoms with Crippen LogP contribution < -0.4 is 0 Å². The molecule has 1 heterocycles. The maximum absolute atomic E-state index is 6.45. The van der Waals surface area contributed by atoms with E-state index in [1.54, 1.807) is 0 Å². The zero-order chi connectivity index (χ0) is 22.0. The zero-order valence-corrected chi connectivity index (χ0v) is 18.1. The molecule has 0 radical (unpaired) electrons. The van der Waals surface area contributed by atoms with Gasteiger partial charge >= 0.3 is 0 Å². The van der Waals surface area contributed by atoms with Crippen LogP contribution in [-0.4, -0.2) is 0 Å². The number of rotatable bonds is 4. The van der Waals surface area contributed by atoms with Crippen LogP contribution in [0.15, 0.2) is 138 Å². The van der Waals surface area contributed by atoms with Gasteiger partial charge in [0.25, 0.3) is 0 Å². The Bertz CT molecular complexity index is 1510. The Morgan fingerprint density at radius 2 is 0.848 bits per heavy atom. The van der Waals surface area contributed by atoms with Gasteiger partial charge in [-0.3, -0.25) is 0 Å². The van der Waals surface area contributed by atoms with E-state index in [2.05, 4.69) is 109 Å². The number of hydrogen-bond donors (Lipinski definition) is 0. The first-order chi connectivity index (χ1) is 16.3. The third-order valence-electron chi connectivity index (χ3n) is 6.08. The third kappa shape index (κ3) is 3.75. The van der Waals surface area contributed by atoms with Crippen LogP contribution in [0.5, 0.6) is 0 Å². The molecule has 156 valence electrons. The summed E-state index contributed by atoms with van der Waals surface area (Å²) < 4.78 is 6.45. The number of hydrogen-bond acceptors (Lipinski definition) is 1. The van der Waals surface area contributed by atoms with Crippen LogP contribution in [0.25, 0.3) is 55.7 Å². The van der Waals surface area contributed by atoms with Crippen LogP contribution in [0.1, 0.15) is 0 Å². The van der Waals surface area contributed by atoms with Gasteiger partial charge in [0, 0.05) is 16.5 Å². The molecule has 0 spiro atoms.